The fraction of sp³-hybridized carbons (Fsp3) is 0.769. The van der Waals surface area contributed by atoms with Crippen LogP contribution in [0.1, 0.15) is 39.5 Å². The highest BCUT2D eigenvalue weighted by molar-refractivity contribution is 7.91. The summed E-state index contributed by atoms with van der Waals surface area (Å²) in [5, 5.41) is 10.2. The molecule has 2 fully saturated rings. The molecule has 0 unspecified atom stereocenters. The lowest BCUT2D eigenvalue weighted by Gasteiger charge is -2.21. The number of hydrogen-bond donors (Lipinski definition) is 2. The van der Waals surface area contributed by atoms with Crippen molar-refractivity contribution in [3.63, 3.8) is 0 Å². The highest BCUT2D eigenvalue weighted by Gasteiger charge is 2.41. The maximum absolute atomic E-state index is 12.4. The molecule has 1 amide bonds. The van der Waals surface area contributed by atoms with E-state index in [0.717, 1.165) is 30.6 Å². The van der Waals surface area contributed by atoms with Gasteiger partial charge in [-0.25, -0.2) is 13.1 Å². The number of nitrogens with zero attached hydrogens (tertiary/aromatic N) is 2. The maximum atomic E-state index is 12.4. The van der Waals surface area contributed by atoms with Crippen molar-refractivity contribution in [2.24, 2.45) is 17.8 Å². The van der Waals surface area contributed by atoms with Crippen molar-refractivity contribution in [1.29, 1.82) is 0 Å². The molecular formula is C13H20N4O3S2. The minimum Gasteiger partial charge on any atom is -0.300 e. The standard InChI is InChI=1S/C13H20N4O3S2/c1-7(2)11(18)14-12-15-16-13(21-12)22(19,20)17-10-6-8-3-4-9(10)5-8/h7-10,17H,3-6H2,1-2H3,(H,14,15,18)/t8-,9+,10-/m0/s1. The van der Waals surface area contributed by atoms with Crippen LogP contribution in [-0.4, -0.2) is 30.6 Å². The van der Waals surface area contributed by atoms with Gasteiger partial charge in [0.05, 0.1) is 0 Å². The molecule has 7 nitrogen and oxygen atoms in total. The Morgan fingerprint density at radius 2 is 2.05 bits per heavy atom. The number of carbonyl (C=O) groups excluding carboxylic acids is 1. The van der Waals surface area contributed by atoms with Crippen LogP contribution in [0.3, 0.4) is 0 Å². The molecule has 1 aromatic rings. The summed E-state index contributed by atoms with van der Waals surface area (Å²) in [6.07, 6.45) is 4.36. The zero-order valence-corrected chi connectivity index (χ0v) is 14.2. The summed E-state index contributed by atoms with van der Waals surface area (Å²) < 4.78 is 27.4. The van der Waals surface area contributed by atoms with Crippen LogP contribution in [0.5, 0.6) is 0 Å². The van der Waals surface area contributed by atoms with Gasteiger partial charge in [-0.3, -0.25) is 4.79 Å². The quantitative estimate of drug-likeness (QED) is 0.790. The molecule has 22 heavy (non-hydrogen) atoms. The molecular weight excluding hydrogens is 324 g/mol. The number of nitrogens with one attached hydrogen (secondary N) is 2. The van der Waals surface area contributed by atoms with Gasteiger partial charge in [-0.2, -0.15) is 0 Å². The lowest BCUT2D eigenvalue weighted by atomic mass is 9.96. The molecule has 2 N–H and O–H groups in total. The van der Waals surface area contributed by atoms with E-state index in [4.69, 9.17) is 0 Å². The highest BCUT2D eigenvalue weighted by Crippen LogP contribution is 2.44. The third-order valence-electron chi connectivity index (χ3n) is 4.44. The molecule has 1 aromatic heterocycles. The van der Waals surface area contributed by atoms with E-state index in [-0.39, 0.29) is 27.3 Å². The van der Waals surface area contributed by atoms with Crippen LogP contribution in [0.15, 0.2) is 4.34 Å². The van der Waals surface area contributed by atoms with Gasteiger partial charge in [0.15, 0.2) is 0 Å². The zero-order valence-electron chi connectivity index (χ0n) is 12.6. The Morgan fingerprint density at radius 1 is 1.27 bits per heavy atom. The summed E-state index contributed by atoms with van der Waals surface area (Å²) in [7, 11) is -3.66. The monoisotopic (exact) mass is 344 g/mol. The molecule has 0 aromatic carbocycles. The Bertz CT molecular complexity index is 671. The summed E-state index contributed by atoms with van der Waals surface area (Å²) in [5.74, 6) is 0.707. The molecule has 0 spiro atoms. The third-order valence-corrected chi connectivity index (χ3v) is 7.13. The van der Waals surface area contributed by atoms with E-state index in [1.54, 1.807) is 13.8 Å². The summed E-state index contributed by atoms with van der Waals surface area (Å²) in [6, 6.07) is 0.0151. The summed E-state index contributed by atoms with van der Waals surface area (Å²) >= 11 is 0.884. The average Bonchev–Trinajstić information content (AvgIpc) is 3.13. The van der Waals surface area contributed by atoms with Crippen LogP contribution >= 0.6 is 11.3 Å². The molecule has 3 atom stereocenters. The van der Waals surface area contributed by atoms with E-state index in [1.165, 1.54) is 6.42 Å². The van der Waals surface area contributed by atoms with Crippen LogP contribution in [0.2, 0.25) is 0 Å². The molecule has 0 aliphatic heterocycles. The smallest absolute Gasteiger partial charge is 0.270 e. The molecule has 0 saturated heterocycles. The molecule has 2 aliphatic rings. The largest absolute Gasteiger partial charge is 0.300 e. The predicted octanol–water partition coefficient (Wildman–Crippen LogP) is 1.60. The number of carbonyl (C=O) groups is 1. The lowest BCUT2D eigenvalue weighted by Crippen LogP contribution is -2.38. The summed E-state index contributed by atoms with van der Waals surface area (Å²) in [6.45, 7) is 3.51. The normalized spacial score (nSPS) is 27.5. The second kappa shape index (κ2) is 5.86. The number of anilines is 1. The number of amides is 1. The molecule has 3 rings (SSSR count). The molecule has 1 heterocycles. The highest BCUT2D eigenvalue weighted by atomic mass is 32.2. The molecule has 2 saturated carbocycles. The first kappa shape index (κ1) is 15.8. The van der Waals surface area contributed by atoms with E-state index >= 15 is 0 Å². The summed E-state index contributed by atoms with van der Waals surface area (Å²) in [4.78, 5) is 11.6. The van der Waals surface area contributed by atoms with E-state index < -0.39 is 10.0 Å². The number of aromatic nitrogens is 2. The Kier molecular flexibility index (Phi) is 4.21. The number of sulfonamides is 1. The number of hydrogen-bond acceptors (Lipinski definition) is 6. The minimum atomic E-state index is -3.66. The van der Waals surface area contributed by atoms with Crippen molar-refractivity contribution in [2.45, 2.75) is 49.9 Å². The first-order chi connectivity index (χ1) is 10.3. The van der Waals surface area contributed by atoms with E-state index in [2.05, 4.69) is 20.2 Å². The second-order valence-corrected chi connectivity index (χ2v) is 9.28. The first-order valence-corrected chi connectivity index (χ1v) is 9.82. The topological polar surface area (TPSA) is 101 Å². The van der Waals surface area contributed by atoms with Gasteiger partial charge in [0.2, 0.25) is 15.4 Å². The molecule has 2 bridgehead atoms. The van der Waals surface area contributed by atoms with Crippen molar-refractivity contribution in [3.05, 3.63) is 0 Å². The van der Waals surface area contributed by atoms with Gasteiger partial charge >= 0.3 is 0 Å². The maximum Gasteiger partial charge on any atom is 0.270 e. The Labute approximate surface area is 134 Å². The number of fused-ring (bicyclic) bond motifs is 2. The molecule has 0 radical (unpaired) electrons. The lowest BCUT2D eigenvalue weighted by molar-refractivity contribution is -0.118. The van der Waals surface area contributed by atoms with Gasteiger partial charge in [0.1, 0.15) is 0 Å². The van der Waals surface area contributed by atoms with Crippen molar-refractivity contribution >= 4 is 32.4 Å². The third kappa shape index (κ3) is 3.16. The Balaban J connectivity index is 1.67. The Hall–Kier alpha value is -1.06. The summed E-state index contributed by atoms with van der Waals surface area (Å²) in [5.41, 5.74) is 0. The fourth-order valence-corrected chi connectivity index (χ4v) is 5.49. The molecule has 122 valence electrons. The van der Waals surface area contributed by atoms with Gasteiger partial charge in [0.25, 0.3) is 10.0 Å². The first-order valence-electron chi connectivity index (χ1n) is 7.52. The van der Waals surface area contributed by atoms with Gasteiger partial charge in [-0.05, 0) is 31.1 Å². The van der Waals surface area contributed by atoms with Crippen LogP contribution in [0, 0.1) is 17.8 Å². The minimum absolute atomic E-state index is 0.0151. The van der Waals surface area contributed by atoms with Gasteiger partial charge in [0, 0.05) is 12.0 Å². The Morgan fingerprint density at radius 3 is 2.64 bits per heavy atom. The predicted molar refractivity (Wildman–Crippen MR) is 82.9 cm³/mol. The zero-order chi connectivity index (χ0) is 15.9. The van der Waals surface area contributed by atoms with Crippen molar-refractivity contribution < 1.29 is 13.2 Å². The van der Waals surface area contributed by atoms with E-state index in [1.807, 2.05) is 0 Å². The van der Waals surface area contributed by atoms with E-state index in [9.17, 15) is 13.2 Å². The SMILES string of the molecule is CC(C)C(=O)Nc1nnc(S(=O)(=O)N[C@H]2C[C@H]3CC[C@@H]2C3)s1. The molecule has 9 heteroatoms. The van der Waals surface area contributed by atoms with Crippen molar-refractivity contribution in [1.82, 2.24) is 14.9 Å². The van der Waals surface area contributed by atoms with Gasteiger partial charge in [-0.1, -0.05) is 31.6 Å². The molecule has 2 aliphatic carbocycles. The second-order valence-electron chi connectivity index (χ2n) is 6.42. The van der Waals surface area contributed by atoms with Crippen molar-refractivity contribution in [3.8, 4) is 0 Å². The van der Waals surface area contributed by atoms with Crippen LogP contribution in [0.4, 0.5) is 5.13 Å². The fourth-order valence-electron chi connectivity index (χ4n) is 3.26. The number of rotatable bonds is 5. The van der Waals surface area contributed by atoms with Crippen LogP contribution in [-0.2, 0) is 14.8 Å². The van der Waals surface area contributed by atoms with E-state index in [0.29, 0.717) is 11.8 Å². The van der Waals surface area contributed by atoms with Gasteiger partial charge in [-0.15, -0.1) is 10.2 Å². The van der Waals surface area contributed by atoms with Crippen LogP contribution < -0.4 is 10.0 Å². The van der Waals surface area contributed by atoms with Crippen LogP contribution in [0.25, 0.3) is 0 Å². The van der Waals surface area contributed by atoms with Crippen molar-refractivity contribution in [2.75, 3.05) is 5.32 Å². The average molecular weight is 344 g/mol. The van der Waals surface area contributed by atoms with Gasteiger partial charge < -0.3 is 5.32 Å².